The Morgan fingerprint density at radius 1 is 1.05 bits per heavy atom. The van der Waals surface area contributed by atoms with E-state index in [4.69, 9.17) is 5.11 Å². The van der Waals surface area contributed by atoms with Gasteiger partial charge in [0.15, 0.2) is 0 Å². The molecule has 0 saturated carbocycles. The molecule has 0 aromatic heterocycles. The minimum absolute atomic E-state index is 0.103. The topological polar surface area (TPSA) is 83.5 Å². The monoisotopic (exact) mass is 317 g/mol. The van der Waals surface area contributed by atoms with Crippen LogP contribution >= 0.6 is 0 Å². The summed E-state index contributed by atoms with van der Waals surface area (Å²) >= 11 is 0. The highest BCUT2D eigenvalue weighted by Gasteiger charge is 2.11. The van der Waals surface area contributed by atoms with Crippen molar-refractivity contribution in [2.24, 2.45) is 0 Å². The Bertz CT molecular complexity index is 766. The van der Waals surface area contributed by atoms with Crippen LogP contribution in [-0.4, -0.2) is 19.5 Å². The highest BCUT2D eigenvalue weighted by molar-refractivity contribution is 7.91. The summed E-state index contributed by atoms with van der Waals surface area (Å²) in [6.45, 7) is 0. The Balaban J connectivity index is 2.05. The van der Waals surface area contributed by atoms with Gasteiger partial charge in [0.25, 0.3) is 0 Å². The van der Waals surface area contributed by atoms with E-state index >= 15 is 0 Å². The molecule has 114 valence electrons. The summed E-state index contributed by atoms with van der Waals surface area (Å²) in [4.78, 5) is 10.4. The predicted molar refractivity (Wildman–Crippen MR) is 85.8 cm³/mol. The summed E-state index contributed by atoms with van der Waals surface area (Å²) in [5, 5.41) is 8.54. The summed E-state index contributed by atoms with van der Waals surface area (Å²) in [6.07, 6.45) is 2.46. The van der Waals surface area contributed by atoms with Gasteiger partial charge >= 0.3 is 5.97 Å². The van der Waals surface area contributed by atoms with Crippen molar-refractivity contribution in [3.63, 3.8) is 0 Å². The number of carboxylic acids is 1. The van der Waals surface area contributed by atoms with Crippen molar-refractivity contribution in [2.75, 3.05) is 4.72 Å². The first-order valence-corrected chi connectivity index (χ1v) is 8.15. The molecule has 2 rings (SSSR count). The van der Waals surface area contributed by atoms with Crippen LogP contribution in [0.3, 0.4) is 0 Å². The molecule has 0 fully saturated rings. The molecule has 0 radical (unpaired) electrons. The van der Waals surface area contributed by atoms with E-state index in [2.05, 4.69) is 4.72 Å². The smallest absolute Gasteiger partial charge is 0.328 e. The van der Waals surface area contributed by atoms with Gasteiger partial charge in [0.2, 0.25) is 10.0 Å². The third-order valence-electron chi connectivity index (χ3n) is 2.80. The molecule has 0 saturated heterocycles. The van der Waals surface area contributed by atoms with E-state index in [0.29, 0.717) is 16.8 Å². The van der Waals surface area contributed by atoms with E-state index in [-0.39, 0.29) is 5.75 Å². The second-order valence-corrected chi connectivity index (χ2v) is 6.36. The molecule has 0 amide bonds. The highest BCUT2D eigenvalue weighted by Crippen LogP contribution is 2.14. The fraction of sp³-hybridized carbons (Fsp3) is 0.0625. The lowest BCUT2D eigenvalue weighted by Gasteiger charge is -2.08. The molecule has 0 aliphatic rings. The molecule has 22 heavy (non-hydrogen) atoms. The molecule has 0 atom stereocenters. The van der Waals surface area contributed by atoms with E-state index < -0.39 is 16.0 Å². The van der Waals surface area contributed by atoms with E-state index in [9.17, 15) is 13.2 Å². The Labute approximate surface area is 129 Å². The normalized spacial score (nSPS) is 11.5. The Morgan fingerprint density at radius 2 is 1.68 bits per heavy atom. The van der Waals surface area contributed by atoms with E-state index in [1.807, 2.05) is 6.07 Å². The number of aliphatic carboxylic acids is 1. The van der Waals surface area contributed by atoms with Gasteiger partial charge in [0.1, 0.15) is 0 Å². The largest absolute Gasteiger partial charge is 0.478 e. The lowest BCUT2D eigenvalue weighted by atomic mass is 10.2. The molecule has 0 aliphatic heterocycles. The van der Waals surface area contributed by atoms with Crippen LogP contribution in [0.15, 0.2) is 60.7 Å². The maximum absolute atomic E-state index is 12.1. The molecule has 0 unspecified atom stereocenters. The number of carbonyl (C=O) groups is 1. The first-order chi connectivity index (χ1) is 10.4. The van der Waals surface area contributed by atoms with E-state index in [1.165, 1.54) is 6.08 Å². The van der Waals surface area contributed by atoms with E-state index in [1.54, 1.807) is 48.5 Å². The number of nitrogens with one attached hydrogen (secondary N) is 1. The Hall–Kier alpha value is -2.60. The van der Waals surface area contributed by atoms with Gasteiger partial charge in [-0.2, -0.15) is 0 Å². The first kappa shape index (κ1) is 15.8. The van der Waals surface area contributed by atoms with Crippen molar-refractivity contribution < 1.29 is 18.3 Å². The summed E-state index contributed by atoms with van der Waals surface area (Å²) in [7, 11) is -3.49. The summed E-state index contributed by atoms with van der Waals surface area (Å²) < 4.78 is 26.6. The second kappa shape index (κ2) is 6.91. The molecule has 0 bridgehead atoms. The quantitative estimate of drug-likeness (QED) is 0.802. The molecular formula is C16H15NO4S. The molecule has 0 spiro atoms. The fourth-order valence-electron chi connectivity index (χ4n) is 1.84. The molecule has 0 heterocycles. The maximum Gasteiger partial charge on any atom is 0.328 e. The molecule has 0 aliphatic carbocycles. The lowest BCUT2D eigenvalue weighted by molar-refractivity contribution is -0.131. The number of anilines is 1. The van der Waals surface area contributed by atoms with Gasteiger partial charge in [-0.15, -0.1) is 0 Å². The molecule has 2 aromatic rings. The standard InChI is InChI=1S/C16H15NO4S/c18-16(19)11-8-13-6-9-15(10-7-13)17-22(20,21)12-14-4-2-1-3-5-14/h1-11,17H,12H2,(H,18,19). The highest BCUT2D eigenvalue weighted by atomic mass is 32.2. The average Bonchev–Trinajstić information content (AvgIpc) is 2.46. The molecule has 2 aromatic carbocycles. The molecular weight excluding hydrogens is 302 g/mol. The van der Waals surface area contributed by atoms with Crippen LogP contribution in [0.5, 0.6) is 0 Å². The first-order valence-electron chi connectivity index (χ1n) is 6.50. The van der Waals surface area contributed by atoms with E-state index in [0.717, 1.165) is 6.08 Å². The van der Waals surface area contributed by atoms with Crippen molar-refractivity contribution in [1.29, 1.82) is 0 Å². The zero-order chi connectivity index (χ0) is 16.0. The van der Waals surface area contributed by atoms with Gasteiger partial charge in [-0.3, -0.25) is 4.72 Å². The summed E-state index contributed by atoms with van der Waals surface area (Å²) in [5.74, 6) is -1.14. The number of carboxylic acid groups (broad SMARTS) is 1. The SMILES string of the molecule is O=C(O)C=Cc1ccc(NS(=O)(=O)Cc2ccccc2)cc1. The summed E-state index contributed by atoms with van der Waals surface area (Å²) in [5.41, 5.74) is 1.81. The number of hydrogen-bond donors (Lipinski definition) is 2. The van der Waals surface area contributed by atoms with Crippen molar-refractivity contribution in [3.8, 4) is 0 Å². The third kappa shape index (κ3) is 5.06. The summed E-state index contributed by atoms with van der Waals surface area (Å²) in [6, 6.07) is 15.3. The van der Waals surface area contributed by atoms with Gasteiger partial charge in [0, 0.05) is 11.8 Å². The van der Waals surface area contributed by atoms with Crippen LogP contribution < -0.4 is 4.72 Å². The van der Waals surface area contributed by atoms with Crippen molar-refractivity contribution in [3.05, 3.63) is 71.8 Å². The van der Waals surface area contributed by atoms with Crippen LogP contribution in [-0.2, 0) is 20.6 Å². The lowest BCUT2D eigenvalue weighted by Crippen LogP contribution is -2.14. The molecule has 6 heteroatoms. The minimum Gasteiger partial charge on any atom is -0.478 e. The minimum atomic E-state index is -3.49. The van der Waals surface area contributed by atoms with Crippen LogP contribution in [0.25, 0.3) is 6.08 Å². The Morgan fingerprint density at radius 3 is 2.27 bits per heavy atom. The van der Waals surface area contributed by atoms with Crippen LogP contribution in [0.4, 0.5) is 5.69 Å². The molecule has 5 nitrogen and oxygen atoms in total. The van der Waals surface area contributed by atoms with Crippen molar-refractivity contribution >= 4 is 27.8 Å². The number of hydrogen-bond acceptors (Lipinski definition) is 3. The zero-order valence-corrected chi connectivity index (χ0v) is 12.5. The van der Waals surface area contributed by atoms with Gasteiger partial charge in [-0.25, -0.2) is 13.2 Å². The number of benzene rings is 2. The van der Waals surface area contributed by atoms with Gasteiger partial charge in [-0.05, 0) is 29.3 Å². The van der Waals surface area contributed by atoms with Crippen molar-refractivity contribution in [2.45, 2.75) is 5.75 Å². The Kier molecular flexibility index (Phi) is 4.95. The van der Waals surface area contributed by atoms with Crippen LogP contribution in [0.2, 0.25) is 0 Å². The van der Waals surface area contributed by atoms with Crippen LogP contribution in [0.1, 0.15) is 11.1 Å². The third-order valence-corrected chi connectivity index (χ3v) is 4.06. The van der Waals surface area contributed by atoms with Gasteiger partial charge in [0.05, 0.1) is 5.75 Å². The maximum atomic E-state index is 12.1. The van der Waals surface area contributed by atoms with Gasteiger partial charge in [-0.1, -0.05) is 42.5 Å². The predicted octanol–water partition coefficient (Wildman–Crippen LogP) is 2.73. The zero-order valence-electron chi connectivity index (χ0n) is 11.6. The van der Waals surface area contributed by atoms with Gasteiger partial charge < -0.3 is 5.11 Å². The van der Waals surface area contributed by atoms with Crippen LogP contribution in [0, 0.1) is 0 Å². The number of sulfonamides is 1. The second-order valence-electron chi connectivity index (χ2n) is 4.64. The fourth-order valence-corrected chi connectivity index (χ4v) is 3.04. The number of rotatable bonds is 6. The molecule has 2 N–H and O–H groups in total. The van der Waals surface area contributed by atoms with Crippen molar-refractivity contribution in [1.82, 2.24) is 0 Å². The average molecular weight is 317 g/mol.